The van der Waals surface area contributed by atoms with E-state index in [0.717, 1.165) is 24.8 Å². The SMILES string of the molecule is CC(C)(C)OC(=O)N1CCCC1c1nc(CCc2cccnc2)no1. The zero-order valence-corrected chi connectivity index (χ0v) is 14.9. The normalized spacial score (nSPS) is 17.7. The summed E-state index contributed by atoms with van der Waals surface area (Å²) in [5.41, 5.74) is 0.610. The van der Waals surface area contributed by atoms with Gasteiger partial charge in [-0.3, -0.25) is 9.88 Å². The molecule has 0 bridgehead atoms. The highest BCUT2D eigenvalue weighted by molar-refractivity contribution is 5.69. The second-order valence-electron chi connectivity index (χ2n) is 7.24. The maximum atomic E-state index is 12.4. The van der Waals surface area contributed by atoms with E-state index in [4.69, 9.17) is 9.26 Å². The molecule has 1 amide bonds. The summed E-state index contributed by atoms with van der Waals surface area (Å²) in [5.74, 6) is 1.14. The van der Waals surface area contributed by atoms with Crippen molar-refractivity contribution >= 4 is 6.09 Å². The molecule has 0 spiro atoms. The van der Waals surface area contributed by atoms with Crippen molar-refractivity contribution in [1.29, 1.82) is 0 Å². The van der Waals surface area contributed by atoms with Crippen molar-refractivity contribution in [3.05, 3.63) is 41.8 Å². The highest BCUT2D eigenvalue weighted by atomic mass is 16.6. The summed E-state index contributed by atoms with van der Waals surface area (Å²) in [6.07, 6.45) is 6.44. The van der Waals surface area contributed by atoms with E-state index in [1.807, 2.05) is 39.1 Å². The number of hydrogen-bond donors (Lipinski definition) is 0. The van der Waals surface area contributed by atoms with Crippen LogP contribution in [0.3, 0.4) is 0 Å². The minimum Gasteiger partial charge on any atom is -0.444 e. The van der Waals surface area contributed by atoms with Gasteiger partial charge in [0.05, 0.1) is 0 Å². The predicted molar refractivity (Wildman–Crippen MR) is 90.9 cm³/mol. The molecule has 1 unspecified atom stereocenters. The van der Waals surface area contributed by atoms with Crippen LogP contribution in [0.2, 0.25) is 0 Å². The van der Waals surface area contributed by atoms with Crippen LogP contribution in [0.5, 0.6) is 0 Å². The lowest BCUT2D eigenvalue weighted by atomic mass is 10.1. The van der Waals surface area contributed by atoms with Gasteiger partial charge < -0.3 is 9.26 Å². The van der Waals surface area contributed by atoms with E-state index in [1.54, 1.807) is 11.1 Å². The van der Waals surface area contributed by atoms with E-state index in [-0.39, 0.29) is 12.1 Å². The van der Waals surface area contributed by atoms with Gasteiger partial charge in [0.2, 0.25) is 5.89 Å². The van der Waals surface area contributed by atoms with Gasteiger partial charge in [-0.05, 0) is 51.7 Å². The Labute approximate surface area is 147 Å². The molecule has 1 aliphatic heterocycles. The Balaban J connectivity index is 1.63. The van der Waals surface area contributed by atoms with Crippen LogP contribution in [0.25, 0.3) is 0 Å². The van der Waals surface area contributed by atoms with Gasteiger partial charge in [0.25, 0.3) is 0 Å². The maximum Gasteiger partial charge on any atom is 0.410 e. The molecule has 2 aromatic heterocycles. The Morgan fingerprint density at radius 3 is 2.96 bits per heavy atom. The molecule has 7 heteroatoms. The second-order valence-corrected chi connectivity index (χ2v) is 7.24. The van der Waals surface area contributed by atoms with Gasteiger partial charge in [0, 0.05) is 25.4 Å². The topological polar surface area (TPSA) is 81.4 Å². The third-order valence-electron chi connectivity index (χ3n) is 4.01. The lowest BCUT2D eigenvalue weighted by molar-refractivity contribution is 0.0199. The van der Waals surface area contributed by atoms with Crippen LogP contribution in [-0.4, -0.2) is 38.3 Å². The highest BCUT2D eigenvalue weighted by Crippen LogP contribution is 2.32. The van der Waals surface area contributed by atoms with Crippen molar-refractivity contribution in [1.82, 2.24) is 20.0 Å². The number of ether oxygens (including phenoxy) is 1. The first-order valence-electron chi connectivity index (χ1n) is 8.63. The fourth-order valence-corrected chi connectivity index (χ4v) is 2.87. The van der Waals surface area contributed by atoms with Crippen LogP contribution in [0, 0.1) is 0 Å². The number of rotatable bonds is 4. The first-order valence-corrected chi connectivity index (χ1v) is 8.63. The van der Waals surface area contributed by atoms with Gasteiger partial charge in [-0.25, -0.2) is 4.79 Å². The standard InChI is InChI=1S/C18H24N4O3/c1-18(2,3)24-17(23)22-11-5-7-14(22)16-20-15(21-25-16)9-8-13-6-4-10-19-12-13/h4,6,10,12,14H,5,7-9,11H2,1-3H3. The minimum absolute atomic E-state index is 0.200. The van der Waals surface area contributed by atoms with Gasteiger partial charge in [0.1, 0.15) is 11.6 Å². The van der Waals surface area contributed by atoms with Crippen molar-refractivity contribution in [3.8, 4) is 0 Å². The van der Waals surface area contributed by atoms with Gasteiger partial charge in [0.15, 0.2) is 5.82 Å². The van der Waals surface area contributed by atoms with Crippen LogP contribution < -0.4 is 0 Å². The third-order valence-corrected chi connectivity index (χ3v) is 4.01. The molecule has 134 valence electrons. The Hall–Kier alpha value is -2.44. The molecule has 0 N–H and O–H groups in total. The molecule has 1 atom stereocenters. The van der Waals surface area contributed by atoms with Crippen LogP contribution in [0.15, 0.2) is 29.0 Å². The summed E-state index contributed by atoms with van der Waals surface area (Å²) in [7, 11) is 0. The Morgan fingerprint density at radius 2 is 2.24 bits per heavy atom. The molecular formula is C18H24N4O3. The lowest BCUT2D eigenvalue weighted by Crippen LogP contribution is -2.36. The molecule has 1 fully saturated rings. The quantitative estimate of drug-likeness (QED) is 0.846. The molecular weight excluding hydrogens is 320 g/mol. The fraction of sp³-hybridized carbons (Fsp3) is 0.556. The molecule has 3 rings (SSSR count). The monoisotopic (exact) mass is 344 g/mol. The number of carbonyl (C=O) groups is 1. The number of aromatic nitrogens is 3. The average Bonchev–Trinajstić information content (AvgIpc) is 3.21. The summed E-state index contributed by atoms with van der Waals surface area (Å²) in [6.45, 7) is 6.23. The Kier molecular flexibility index (Phi) is 5.01. The number of aryl methyl sites for hydroxylation is 2. The first kappa shape index (κ1) is 17.4. The van der Waals surface area contributed by atoms with Crippen molar-refractivity contribution in [2.24, 2.45) is 0 Å². The van der Waals surface area contributed by atoms with E-state index >= 15 is 0 Å². The number of amides is 1. The smallest absolute Gasteiger partial charge is 0.410 e. The second kappa shape index (κ2) is 7.21. The summed E-state index contributed by atoms with van der Waals surface area (Å²) in [5, 5.41) is 4.06. The number of hydrogen-bond acceptors (Lipinski definition) is 6. The molecule has 0 radical (unpaired) electrons. The number of carbonyl (C=O) groups excluding carboxylic acids is 1. The van der Waals surface area contributed by atoms with E-state index in [1.165, 1.54) is 0 Å². The van der Waals surface area contributed by atoms with Crippen molar-refractivity contribution in [2.75, 3.05) is 6.54 Å². The highest BCUT2D eigenvalue weighted by Gasteiger charge is 2.36. The number of likely N-dealkylation sites (tertiary alicyclic amines) is 1. The number of nitrogens with zero attached hydrogens (tertiary/aromatic N) is 4. The molecule has 3 heterocycles. The van der Waals surface area contributed by atoms with E-state index in [9.17, 15) is 4.79 Å². The molecule has 0 aromatic carbocycles. The number of pyridine rings is 1. The zero-order chi connectivity index (χ0) is 17.9. The zero-order valence-electron chi connectivity index (χ0n) is 14.9. The summed E-state index contributed by atoms with van der Waals surface area (Å²) in [4.78, 5) is 22.6. The first-order chi connectivity index (χ1) is 11.9. The molecule has 0 saturated carbocycles. The van der Waals surface area contributed by atoms with E-state index in [2.05, 4.69) is 15.1 Å². The van der Waals surface area contributed by atoms with Crippen LogP contribution >= 0.6 is 0 Å². The average molecular weight is 344 g/mol. The van der Waals surface area contributed by atoms with Crippen LogP contribution in [0.1, 0.15) is 56.9 Å². The van der Waals surface area contributed by atoms with E-state index < -0.39 is 5.60 Å². The van der Waals surface area contributed by atoms with Crippen molar-refractivity contribution in [2.45, 2.75) is 58.1 Å². The molecule has 2 aromatic rings. The van der Waals surface area contributed by atoms with Crippen LogP contribution in [-0.2, 0) is 17.6 Å². The van der Waals surface area contributed by atoms with Gasteiger partial charge >= 0.3 is 6.09 Å². The molecule has 25 heavy (non-hydrogen) atoms. The predicted octanol–water partition coefficient (Wildman–Crippen LogP) is 3.32. The van der Waals surface area contributed by atoms with Crippen LogP contribution in [0.4, 0.5) is 4.79 Å². The minimum atomic E-state index is -0.520. The summed E-state index contributed by atoms with van der Waals surface area (Å²) >= 11 is 0. The largest absolute Gasteiger partial charge is 0.444 e. The maximum absolute atomic E-state index is 12.4. The van der Waals surface area contributed by atoms with Crippen molar-refractivity contribution in [3.63, 3.8) is 0 Å². The fourth-order valence-electron chi connectivity index (χ4n) is 2.87. The molecule has 7 nitrogen and oxygen atoms in total. The lowest BCUT2D eigenvalue weighted by Gasteiger charge is -2.26. The Bertz CT molecular complexity index is 709. The van der Waals surface area contributed by atoms with Gasteiger partial charge in [-0.15, -0.1) is 0 Å². The molecule has 1 saturated heterocycles. The van der Waals surface area contributed by atoms with Gasteiger partial charge in [-0.1, -0.05) is 11.2 Å². The molecule has 0 aliphatic carbocycles. The summed E-state index contributed by atoms with van der Waals surface area (Å²) < 4.78 is 10.9. The molecule has 1 aliphatic rings. The van der Waals surface area contributed by atoms with Gasteiger partial charge in [-0.2, -0.15) is 4.98 Å². The summed E-state index contributed by atoms with van der Waals surface area (Å²) in [6, 6.07) is 3.73. The third kappa shape index (κ3) is 4.55. The van der Waals surface area contributed by atoms with E-state index in [0.29, 0.717) is 24.7 Å². The van der Waals surface area contributed by atoms with Crippen molar-refractivity contribution < 1.29 is 14.1 Å². The Morgan fingerprint density at radius 1 is 1.40 bits per heavy atom.